The predicted molar refractivity (Wildman–Crippen MR) is 76.2 cm³/mol. The number of para-hydroxylation sites is 1. The smallest absolute Gasteiger partial charge is 0.229 e. The summed E-state index contributed by atoms with van der Waals surface area (Å²) in [5.41, 5.74) is 1.63. The third-order valence-electron chi connectivity index (χ3n) is 2.84. The number of rotatable bonds is 3. The van der Waals surface area contributed by atoms with Crippen molar-refractivity contribution in [2.75, 3.05) is 0 Å². The Morgan fingerprint density at radius 3 is 2.55 bits per heavy atom. The number of nitrogens with zero attached hydrogens (tertiary/aromatic N) is 3. The van der Waals surface area contributed by atoms with Crippen LogP contribution < -0.4 is 0 Å². The molecule has 0 saturated heterocycles. The first-order valence-corrected chi connectivity index (χ1v) is 6.39. The maximum Gasteiger partial charge on any atom is 0.229 e. The van der Waals surface area contributed by atoms with Gasteiger partial charge in [-0.2, -0.15) is 5.10 Å². The van der Waals surface area contributed by atoms with Gasteiger partial charge in [0.2, 0.25) is 5.78 Å². The molecule has 4 nitrogen and oxygen atoms in total. The maximum atomic E-state index is 12.4. The quantitative estimate of drug-likeness (QED) is 0.694. The van der Waals surface area contributed by atoms with E-state index in [0.717, 1.165) is 5.69 Å². The Balaban J connectivity index is 2.02. The summed E-state index contributed by atoms with van der Waals surface area (Å²) >= 11 is 5.78. The topological polar surface area (TPSA) is 47.8 Å². The predicted octanol–water partition coefficient (Wildman–Crippen LogP) is 3.15. The lowest BCUT2D eigenvalue weighted by atomic mass is 10.2. The molecule has 2 heterocycles. The van der Waals surface area contributed by atoms with Crippen molar-refractivity contribution >= 4 is 17.4 Å². The molecule has 0 unspecified atom stereocenters. The van der Waals surface area contributed by atoms with Crippen LogP contribution in [-0.2, 0) is 0 Å². The van der Waals surface area contributed by atoms with Crippen molar-refractivity contribution in [2.24, 2.45) is 0 Å². The van der Waals surface area contributed by atoms with E-state index in [9.17, 15) is 4.79 Å². The third-order valence-corrected chi connectivity index (χ3v) is 3.06. The van der Waals surface area contributed by atoms with E-state index in [1.165, 1.54) is 6.20 Å². The van der Waals surface area contributed by atoms with Crippen molar-refractivity contribution in [2.45, 2.75) is 0 Å². The Kier molecular flexibility index (Phi) is 3.31. The highest BCUT2D eigenvalue weighted by Crippen LogP contribution is 2.14. The molecule has 0 aliphatic carbocycles. The van der Waals surface area contributed by atoms with Gasteiger partial charge in [0.15, 0.2) is 0 Å². The van der Waals surface area contributed by atoms with Gasteiger partial charge >= 0.3 is 0 Å². The molecule has 3 rings (SSSR count). The molecule has 0 spiro atoms. The molecule has 1 aromatic carbocycles. The number of aromatic nitrogens is 3. The van der Waals surface area contributed by atoms with Crippen molar-refractivity contribution < 1.29 is 4.79 Å². The van der Waals surface area contributed by atoms with E-state index in [1.807, 2.05) is 30.3 Å². The summed E-state index contributed by atoms with van der Waals surface area (Å²) in [5, 5.41) is 4.69. The highest BCUT2D eigenvalue weighted by atomic mass is 35.5. The highest BCUT2D eigenvalue weighted by molar-refractivity contribution is 6.30. The lowest BCUT2D eigenvalue weighted by Gasteiger charge is -2.06. The first kappa shape index (κ1) is 12.6. The van der Waals surface area contributed by atoms with Crippen molar-refractivity contribution in [1.29, 1.82) is 0 Å². The maximum absolute atomic E-state index is 12.4. The Hall–Kier alpha value is -2.46. The summed E-state index contributed by atoms with van der Waals surface area (Å²) in [6, 6.07) is 14.4. The number of pyridine rings is 1. The van der Waals surface area contributed by atoms with Gasteiger partial charge in [-0.05, 0) is 30.3 Å². The first-order valence-electron chi connectivity index (χ1n) is 6.01. The monoisotopic (exact) mass is 283 g/mol. The van der Waals surface area contributed by atoms with Crippen LogP contribution in [0.5, 0.6) is 0 Å². The van der Waals surface area contributed by atoms with Crippen molar-refractivity contribution in [1.82, 2.24) is 14.8 Å². The zero-order chi connectivity index (χ0) is 13.9. The first-order chi connectivity index (χ1) is 9.75. The molecule has 0 bridgehead atoms. The normalized spacial score (nSPS) is 10.4. The second-order valence-corrected chi connectivity index (χ2v) is 4.59. The molecule has 3 aromatic rings. The van der Waals surface area contributed by atoms with Gasteiger partial charge in [-0.1, -0.05) is 29.8 Å². The van der Waals surface area contributed by atoms with Crippen LogP contribution >= 0.6 is 11.6 Å². The molecular weight excluding hydrogens is 274 g/mol. The van der Waals surface area contributed by atoms with Crippen LogP contribution in [0, 0.1) is 0 Å². The molecule has 5 heteroatoms. The van der Waals surface area contributed by atoms with Crippen LogP contribution in [0.2, 0.25) is 5.02 Å². The van der Waals surface area contributed by atoms with E-state index in [1.54, 1.807) is 29.1 Å². The molecule has 0 fully saturated rings. The Labute approximate surface area is 120 Å². The van der Waals surface area contributed by atoms with Crippen molar-refractivity contribution in [3.05, 3.63) is 77.3 Å². The number of hydrogen-bond acceptors (Lipinski definition) is 3. The molecule has 0 aliphatic rings. The standard InChI is InChI=1S/C15H10ClN3O/c16-11-6-7-13(17-10-11)15(20)14-8-9-18-19(14)12-4-2-1-3-5-12/h1-10H. The number of carbonyl (C=O) groups is 1. The van der Waals surface area contributed by atoms with Crippen LogP contribution in [0.4, 0.5) is 0 Å². The van der Waals surface area contributed by atoms with Gasteiger partial charge in [0, 0.05) is 6.20 Å². The molecule has 98 valence electrons. The average Bonchev–Trinajstić information content (AvgIpc) is 2.97. The van der Waals surface area contributed by atoms with Crippen LogP contribution in [0.1, 0.15) is 16.2 Å². The number of ketones is 1. The number of hydrogen-bond donors (Lipinski definition) is 0. The van der Waals surface area contributed by atoms with Gasteiger partial charge in [-0.25, -0.2) is 4.68 Å². The molecule has 0 radical (unpaired) electrons. The fraction of sp³-hybridized carbons (Fsp3) is 0. The minimum atomic E-state index is -0.192. The summed E-state index contributed by atoms with van der Waals surface area (Å²) in [4.78, 5) is 16.5. The number of halogens is 1. The summed E-state index contributed by atoms with van der Waals surface area (Å²) in [6.45, 7) is 0. The molecule has 20 heavy (non-hydrogen) atoms. The van der Waals surface area contributed by atoms with Gasteiger partial charge in [0.25, 0.3) is 0 Å². The van der Waals surface area contributed by atoms with Gasteiger partial charge in [-0.15, -0.1) is 0 Å². The Morgan fingerprint density at radius 2 is 1.85 bits per heavy atom. The summed E-state index contributed by atoms with van der Waals surface area (Å²) < 4.78 is 1.60. The van der Waals surface area contributed by atoms with Crippen LogP contribution in [0.3, 0.4) is 0 Å². The molecule has 2 aromatic heterocycles. The van der Waals surface area contributed by atoms with Crippen LogP contribution in [0.25, 0.3) is 5.69 Å². The fourth-order valence-electron chi connectivity index (χ4n) is 1.89. The van der Waals surface area contributed by atoms with E-state index in [0.29, 0.717) is 16.4 Å². The molecule has 0 amide bonds. The van der Waals surface area contributed by atoms with E-state index in [2.05, 4.69) is 10.1 Å². The Morgan fingerprint density at radius 1 is 1.05 bits per heavy atom. The van der Waals surface area contributed by atoms with Crippen molar-refractivity contribution in [3.8, 4) is 5.69 Å². The van der Waals surface area contributed by atoms with Gasteiger partial charge < -0.3 is 0 Å². The zero-order valence-corrected chi connectivity index (χ0v) is 11.2. The highest BCUT2D eigenvalue weighted by Gasteiger charge is 2.16. The molecule has 0 saturated carbocycles. The minimum Gasteiger partial charge on any atom is -0.285 e. The molecule has 0 N–H and O–H groups in total. The lowest BCUT2D eigenvalue weighted by Crippen LogP contribution is -2.11. The fourth-order valence-corrected chi connectivity index (χ4v) is 2.00. The van der Waals surface area contributed by atoms with Crippen molar-refractivity contribution in [3.63, 3.8) is 0 Å². The summed E-state index contributed by atoms with van der Waals surface area (Å²) in [6.07, 6.45) is 3.05. The summed E-state index contributed by atoms with van der Waals surface area (Å²) in [7, 11) is 0. The van der Waals surface area contributed by atoms with Gasteiger partial charge in [-0.3, -0.25) is 9.78 Å². The van der Waals surface area contributed by atoms with Gasteiger partial charge in [0.1, 0.15) is 11.4 Å². The number of carbonyl (C=O) groups excluding carboxylic acids is 1. The third kappa shape index (κ3) is 2.33. The second-order valence-electron chi connectivity index (χ2n) is 4.15. The zero-order valence-electron chi connectivity index (χ0n) is 10.4. The lowest BCUT2D eigenvalue weighted by molar-refractivity contribution is 0.102. The van der Waals surface area contributed by atoms with Gasteiger partial charge in [0.05, 0.1) is 16.9 Å². The molecular formula is C15H10ClN3O. The van der Waals surface area contributed by atoms with E-state index in [4.69, 9.17) is 11.6 Å². The average molecular weight is 284 g/mol. The molecule has 0 atom stereocenters. The summed E-state index contributed by atoms with van der Waals surface area (Å²) in [5.74, 6) is -0.192. The minimum absolute atomic E-state index is 0.192. The van der Waals surface area contributed by atoms with E-state index >= 15 is 0 Å². The van der Waals surface area contributed by atoms with E-state index in [-0.39, 0.29) is 5.78 Å². The second kappa shape index (κ2) is 5.27. The SMILES string of the molecule is O=C(c1ccc(Cl)cn1)c1ccnn1-c1ccccc1. The van der Waals surface area contributed by atoms with Crippen LogP contribution in [-0.4, -0.2) is 20.5 Å². The number of benzene rings is 1. The van der Waals surface area contributed by atoms with Crippen LogP contribution in [0.15, 0.2) is 60.9 Å². The Bertz CT molecular complexity index is 735. The molecule has 0 aliphatic heterocycles. The largest absolute Gasteiger partial charge is 0.285 e. The van der Waals surface area contributed by atoms with E-state index < -0.39 is 0 Å².